The van der Waals surface area contributed by atoms with Gasteiger partial charge in [0.15, 0.2) is 0 Å². The molecule has 0 radical (unpaired) electrons. The van der Waals surface area contributed by atoms with Gasteiger partial charge in [-0.2, -0.15) is 0 Å². The van der Waals surface area contributed by atoms with Gasteiger partial charge < -0.3 is 15.0 Å². The van der Waals surface area contributed by atoms with Crippen molar-refractivity contribution in [3.63, 3.8) is 0 Å². The standard InChI is InChI=1S/C17H22N2O2/c1-19(2)13-7-8-16-14(9-13)15(10-18-16)11-3-5-12(6-4-11)17(20)21/h7-12,18H,3-6H2,1-2H3,(H,20,21). The van der Waals surface area contributed by atoms with Crippen LogP contribution in [0.2, 0.25) is 0 Å². The van der Waals surface area contributed by atoms with E-state index in [1.165, 1.54) is 16.6 Å². The summed E-state index contributed by atoms with van der Waals surface area (Å²) in [6.07, 6.45) is 5.63. The van der Waals surface area contributed by atoms with Crippen molar-refractivity contribution in [3.8, 4) is 0 Å². The van der Waals surface area contributed by atoms with Crippen molar-refractivity contribution in [2.45, 2.75) is 31.6 Å². The van der Waals surface area contributed by atoms with Crippen molar-refractivity contribution < 1.29 is 9.90 Å². The van der Waals surface area contributed by atoms with E-state index in [1.54, 1.807) is 0 Å². The maximum absolute atomic E-state index is 11.1. The fraction of sp³-hybridized carbons (Fsp3) is 0.471. The van der Waals surface area contributed by atoms with E-state index in [4.69, 9.17) is 5.11 Å². The molecule has 0 bridgehead atoms. The number of fused-ring (bicyclic) bond motifs is 1. The number of carboxylic acids is 1. The Morgan fingerprint density at radius 1 is 1.24 bits per heavy atom. The third-order valence-electron chi connectivity index (χ3n) is 4.73. The van der Waals surface area contributed by atoms with Crippen LogP contribution in [-0.2, 0) is 4.79 Å². The fourth-order valence-corrected chi connectivity index (χ4v) is 3.40. The lowest BCUT2D eigenvalue weighted by molar-refractivity contribution is -0.142. The van der Waals surface area contributed by atoms with Crippen LogP contribution in [0.25, 0.3) is 10.9 Å². The molecule has 1 fully saturated rings. The van der Waals surface area contributed by atoms with Gasteiger partial charge in [0.2, 0.25) is 0 Å². The molecule has 1 aromatic heterocycles. The molecule has 1 aromatic carbocycles. The summed E-state index contributed by atoms with van der Waals surface area (Å²) in [6, 6.07) is 6.46. The minimum atomic E-state index is -0.637. The lowest BCUT2D eigenvalue weighted by Gasteiger charge is -2.26. The second-order valence-corrected chi connectivity index (χ2v) is 6.26. The molecular weight excluding hydrogens is 264 g/mol. The molecule has 0 aliphatic heterocycles. The number of aliphatic carboxylic acids is 1. The number of nitrogens with zero attached hydrogens (tertiary/aromatic N) is 1. The summed E-state index contributed by atoms with van der Waals surface area (Å²) >= 11 is 0. The number of anilines is 1. The molecule has 1 aliphatic carbocycles. The van der Waals surface area contributed by atoms with Crippen molar-refractivity contribution in [2.75, 3.05) is 19.0 Å². The summed E-state index contributed by atoms with van der Waals surface area (Å²) < 4.78 is 0. The van der Waals surface area contributed by atoms with E-state index in [1.807, 2.05) is 14.1 Å². The molecule has 3 rings (SSSR count). The number of hydrogen-bond acceptors (Lipinski definition) is 2. The Kier molecular flexibility index (Phi) is 3.62. The fourth-order valence-electron chi connectivity index (χ4n) is 3.40. The molecule has 1 saturated carbocycles. The van der Waals surface area contributed by atoms with Crippen LogP contribution < -0.4 is 4.90 Å². The zero-order valence-corrected chi connectivity index (χ0v) is 12.6. The van der Waals surface area contributed by atoms with Crippen LogP contribution in [-0.4, -0.2) is 30.2 Å². The van der Waals surface area contributed by atoms with Gasteiger partial charge in [0, 0.05) is 36.9 Å². The number of nitrogens with one attached hydrogen (secondary N) is 1. The number of carboxylic acid groups (broad SMARTS) is 1. The highest BCUT2D eigenvalue weighted by Gasteiger charge is 2.27. The normalized spacial score (nSPS) is 22.4. The van der Waals surface area contributed by atoms with Gasteiger partial charge in [-0.15, -0.1) is 0 Å². The first-order valence-electron chi connectivity index (χ1n) is 7.57. The van der Waals surface area contributed by atoms with Crippen LogP contribution in [0.5, 0.6) is 0 Å². The van der Waals surface area contributed by atoms with E-state index in [0.29, 0.717) is 5.92 Å². The zero-order valence-electron chi connectivity index (χ0n) is 12.6. The maximum atomic E-state index is 11.1. The minimum absolute atomic E-state index is 0.149. The van der Waals surface area contributed by atoms with Gasteiger partial charge in [0.25, 0.3) is 0 Å². The average Bonchev–Trinajstić information content (AvgIpc) is 2.90. The lowest BCUT2D eigenvalue weighted by atomic mass is 9.78. The van der Waals surface area contributed by atoms with Gasteiger partial charge in [0.05, 0.1) is 5.92 Å². The van der Waals surface area contributed by atoms with Crippen molar-refractivity contribution in [1.29, 1.82) is 0 Å². The van der Waals surface area contributed by atoms with Crippen molar-refractivity contribution in [2.24, 2.45) is 5.92 Å². The van der Waals surface area contributed by atoms with Gasteiger partial charge in [-0.25, -0.2) is 0 Å². The molecule has 0 saturated heterocycles. The second kappa shape index (κ2) is 5.43. The highest BCUT2D eigenvalue weighted by Crippen LogP contribution is 2.39. The van der Waals surface area contributed by atoms with E-state index in [0.717, 1.165) is 31.2 Å². The van der Waals surface area contributed by atoms with Crippen molar-refractivity contribution >= 4 is 22.6 Å². The third kappa shape index (κ3) is 2.62. The second-order valence-electron chi connectivity index (χ2n) is 6.26. The van der Waals surface area contributed by atoms with E-state index in [9.17, 15) is 4.79 Å². The first kappa shape index (κ1) is 14.0. The number of H-pyrrole nitrogens is 1. The van der Waals surface area contributed by atoms with Gasteiger partial charge in [-0.3, -0.25) is 4.79 Å². The predicted molar refractivity (Wildman–Crippen MR) is 85.0 cm³/mol. The Balaban J connectivity index is 1.87. The Bertz CT molecular complexity index is 652. The number of aromatic amines is 1. The van der Waals surface area contributed by atoms with Crippen LogP contribution in [0.15, 0.2) is 24.4 Å². The van der Waals surface area contributed by atoms with E-state index in [-0.39, 0.29) is 5.92 Å². The molecule has 1 aliphatic rings. The Morgan fingerprint density at radius 3 is 2.57 bits per heavy atom. The van der Waals surface area contributed by atoms with Crippen LogP contribution >= 0.6 is 0 Å². The van der Waals surface area contributed by atoms with E-state index >= 15 is 0 Å². The molecule has 112 valence electrons. The number of carbonyl (C=O) groups is 1. The maximum Gasteiger partial charge on any atom is 0.306 e. The molecule has 0 unspecified atom stereocenters. The summed E-state index contributed by atoms with van der Waals surface area (Å²) in [7, 11) is 4.09. The Labute approximate surface area is 124 Å². The number of rotatable bonds is 3. The molecule has 4 heteroatoms. The molecule has 2 aromatic rings. The van der Waals surface area contributed by atoms with Gasteiger partial charge >= 0.3 is 5.97 Å². The Hall–Kier alpha value is -1.97. The van der Waals surface area contributed by atoms with Crippen LogP contribution in [0.3, 0.4) is 0 Å². The van der Waals surface area contributed by atoms with E-state index in [2.05, 4.69) is 34.3 Å². The molecule has 0 spiro atoms. The van der Waals surface area contributed by atoms with Crippen LogP contribution in [0.1, 0.15) is 37.2 Å². The van der Waals surface area contributed by atoms with Crippen molar-refractivity contribution in [1.82, 2.24) is 4.98 Å². The molecule has 0 amide bonds. The number of benzene rings is 1. The largest absolute Gasteiger partial charge is 0.481 e. The SMILES string of the molecule is CN(C)c1ccc2[nH]cc(C3CCC(C(=O)O)CC3)c2c1. The topological polar surface area (TPSA) is 56.3 Å². The van der Waals surface area contributed by atoms with Gasteiger partial charge in [-0.1, -0.05) is 0 Å². The lowest BCUT2D eigenvalue weighted by Crippen LogP contribution is -2.20. The molecule has 0 atom stereocenters. The first-order valence-corrected chi connectivity index (χ1v) is 7.57. The van der Waals surface area contributed by atoms with Gasteiger partial charge in [-0.05, 0) is 55.4 Å². The third-order valence-corrected chi connectivity index (χ3v) is 4.73. The smallest absolute Gasteiger partial charge is 0.306 e. The van der Waals surface area contributed by atoms with E-state index < -0.39 is 5.97 Å². The molecule has 4 nitrogen and oxygen atoms in total. The molecule has 21 heavy (non-hydrogen) atoms. The summed E-state index contributed by atoms with van der Waals surface area (Å²) in [5, 5.41) is 10.4. The number of aromatic nitrogens is 1. The highest BCUT2D eigenvalue weighted by molar-refractivity contribution is 5.87. The number of hydrogen-bond donors (Lipinski definition) is 2. The quantitative estimate of drug-likeness (QED) is 0.906. The van der Waals surface area contributed by atoms with Crippen LogP contribution in [0.4, 0.5) is 5.69 Å². The monoisotopic (exact) mass is 286 g/mol. The summed E-state index contributed by atoms with van der Waals surface area (Å²) in [4.78, 5) is 16.5. The summed E-state index contributed by atoms with van der Waals surface area (Å²) in [6.45, 7) is 0. The highest BCUT2D eigenvalue weighted by atomic mass is 16.4. The zero-order chi connectivity index (χ0) is 15.0. The Morgan fingerprint density at radius 2 is 1.95 bits per heavy atom. The molecule has 2 N–H and O–H groups in total. The van der Waals surface area contributed by atoms with Crippen molar-refractivity contribution in [3.05, 3.63) is 30.0 Å². The van der Waals surface area contributed by atoms with Gasteiger partial charge in [0.1, 0.15) is 0 Å². The van der Waals surface area contributed by atoms with Crippen LogP contribution in [0, 0.1) is 5.92 Å². The minimum Gasteiger partial charge on any atom is -0.481 e. The average molecular weight is 286 g/mol. The molecule has 1 heterocycles. The predicted octanol–water partition coefficient (Wildman–Crippen LogP) is 3.59. The first-order chi connectivity index (χ1) is 10.1. The molecular formula is C17H22N2O2. The summed E-state index contributed by atoms with van der Waals surface area (Å²) in [5.41, 5.74) is 3.70. The summed E-state index contributed by atoms with van der Waals surface area (Å²) in [5.74, 6) is -0.308.